The Kier molecular flexibility index (Phi) is 4.22. The zero-order chi connectivity index (χ0) is 7.11. The molecule has 0 spiro atoms. The summed E-state index contributed by atoms with van der Waals surface area (Å²) in [7, 11) is 0. The third-order valence-corrected chi connectivity index (χ3v) is 0.666. The average molecular weight is 126 g/mol. The number of primary amides is 1. The maximum Gasteiger partial charge on any atom is 0.312 e. The van der Waals surface area contributed by atoms with Gasteiger partial charge in [0, 0.05) is 6.54 Å². The first-order chi connectivity index (χ1) is 4.27. The molecule has 0 fully saturated rings. The Morgan fingerprint density at radius 3 is 2.89 bits per heavy atom. The minimum atomic E-state index is -0.510. The van der Waals surface area contributed by atoms with Gasteiger partial charge in [-0.3, -0.25) is 0 Å². The summed E-state index contributed by atoms with van der Waals surface area (Å²) >= 11 is 0. The number of nitrogens with two attached hydrogens (primary N) is 1. The van der Waals surface area contributed by atoms with Crippen molar-refractivity contribution in [1.29, 1.82) is 0 Å². The number of hydrogen-bond acceptors (Lipinski definition) is 1. The second-order valence-electron chi connectivity index (χ2n) is 1.41. The van der Waals surface area contributed by atoms with E-state index < -0.39 is 6.03 Å². The van der Waals surface area contributed by atoms with E-state index in [1.54, 1.807) is 18.2 Å². The number of amides is 2. The molecule has 0 heterocycles. The van der Waals surface area contributed by atoms with Gasteiger partial charge in [-0.05, 0) is 0 Å². The van der Waals surface area contributed by atoms with Gasteiger partial charge in [-0.15, -0.1) is 0 Å². The molecule has 0 saturated carbocycles. The van der Waals surface area contributed by atoms with Crippen molar-refractivity contribution in [2.75, 3.05) is 6.54 Å². The molecule has 0 aliphatic heterocycles. The number of rotatable bonds is 3. The monoisotopic (exact) mass is 126 g/mol. The van der Waals surface area contributed by atoms with Gasteiger partial charge in [-0.1, -0.05) is 24.8 Å². The minimum absolute atomic E-state index is 0.460. The molecule has 2 amide bonds. The Morgan fingerprint density at radius 1 is 1.78 bits per heavy atom. The van der Waals surface area contributed by atoms with Crippen LogP contribution in [0.4, 0.5) is 4.79 Å². The zero-order valence-corrected chi connectivity index (χ0v) is 5.13. The minimum Gasteiger partial charge on any atom is -0.352 e. The van der Waals surface area contributed by atoms with Gasteiger partial charge in [0.15, 0.2) is 0 Å². The molecule has 0 aliphatic carbocycles. The SMILES string of the molecule is C=C/C=C/CNC(N)=O. The molecule has 0 bridgehead atoms. The molecule has 0 aromatic rings. The van der Waals surface area contributed by atoms with Crippen LogP contribution in [0.3, 0.4) is 0 Å². The highest BCUT2D eigenvalue weighted by Crippen LogP contribution is 1.69. The standard InChI is InChI=1S/C6H10N2O/c1-2-3-4-5-8-6(7)9/h2-4H,1,5H2,(H3,7,8,9)/b4-3+. The van der Waals surface area contributed by atoms with Crippen molar-refractivity contribution in [3.8, 4) is 0 Å². The molecule has 3 nitrogen and oxygen atoms in total. The van der Waals surface area contributed by atoms with Crippen molar-refractivity contribution in [2.45, 2.75) is 0 Å². The van der Waals surface area contributed by atoms with Crippen molar-refractivity contribution < 1.29 is 4.79 Å². The van der Waals surface area contributed by atoms with Gasteiger partial charge in [0.05, 0.1) is 0 Å². The van der Waals surface area contributed by atoms with E-state index in [-0.39, 0.29) is 0 Å². The van der Waals surface area contributed by atoms with Crippen LogP contribution in [0.15, 0.2) is 24.8 Å². The zero-order valence-electron chi connectivity index (χ0n) is 5.13. The lowest BCUT2D eigenvalue weighted by Crippen LogP contribution is -2.29. The lowest BCUT2D eigenvalue weighted by molar-refractivity contribution is 0.250. The molecule has 0 rings (SSSR count). The van der Waals surface area contributed by atoms with E-state index in [9.17, 15) is 4.79 Å². The summed E-state index contributed by atoms with van der Waals surface area (Å²) in [5.74, 6) is 0. The molecular formula is C6H10N2O. The second kappa shape index (κ2) is 4.90. The Balaban J connectivity index is 3.19. The first kappa shape index (κ1) is 7.75. The number of carbonyl (C=O) groups excluding carboxylic acids is 1. The Morgan fingerprint density at radius 2 is 2.44 bits per heavy atom. The summed E-state index contributed by atoms with van der Waals surface area (Å²) in [5, 5.41) is 2.38. The third kappa shape index (κ3) is 6.75. The van der Waals surface area contributed by atoms with Crippen LogP contribution in [-0.4, -0.2) is 12.6 Å². The van der Waals surface area contributed by atoms with Crippen LogP contribution in [-0.2, 0) is 0 Å². The number of carbonyl (C=O) groups is 1. The second-order valence-corrected chi connectivity index (χ2v) is 1.41. The predicted molar refractivity (Wildman–Crippen MR) is 36.9 cm³/mol. The van der Waals surface area contributed by atoms with Crippen LogP contribution in [0.5, 0.6) is 0 Å². The van der Waals surface area contributed by atoms with Crippen LogP contribution < -0.4 is 11.1 Å². The number of nitrogens with one attached hydrogen (secondary N) is 1. The van der Waals surface area contributed by atoms with E-state index in [0.717, 1.165) is 0 Å². The molecule has 0 atom stereocenters. The smallest absolute Gasteiger partial charge is 0.312 e. The van der Waals surface area contributed by atoms with Crippen LogP contribution in [0.2, 0.25) is 0 Å². The maximum absolute atomic E-state index is 10.0. The van der Waals surface area contributed by atoms with E-state index >= 15 is 0 Å². The fourth-order valence-corrected chi connectivity index (χ4v) is 0.324. The lowest BCUT2D eigenvalue weighted by Gasteiger charge is -1.91. The molecule has 0 radical (unpaired) electrons. The molecule has 0 aromatic heterocycles. The van der Waals surface area contributed by atoms with Crippen molar-refractivity contribution in [3.63, 3.8) is 0 Å². The highest BCUT2D eigenvalue weighted by Gasteiger charge is 1.82. The van der Waals surface area contributed by atoms with Crippen LogP contribution >= 0.6 is 0 Å². The summed E-state index contributed by atoms with van der Waals surface area (Å²) in [4.78, 5) is 10.0. The van der Waals surface area contributed by atoms with Gasteiger partial charge in [0.2, 0.25) is 0 Å². The number of urea groups is 1. The van der Waals surface area contributed by atoms with Gasteiger partial charge in [-0.2, -0.15) is 0 Å². The predicted octanol–water partition coefficient (Wildman–Crippen LogP) is 0.397. The molecule has 0 aliphatic rings. The van der Waals surface area contributed by atoms with Crippen LogP contribution in [0.1, 0.15) is 0 Å². The maximum atomic E-state index is 10.0. The van der Waals surface area contributed by atoms with Gasteiger partial charge >= 0.3 is 6.03 Å². The van der Waals surface area contributed by atoms with Gasteiger partial charge in [0.25, 0.3) is 0 Å². The topological polar surface area (TPSA) is 55.1 Å². The quantitative estimate of drug-likeness (QED) is 0.528. The van der Waals surface area contributed by atoms with Crippen LogP contribution in [0, 0.1) is 0 Å². The molecule has 0 saturated heterocycles. The highest BCUT2D eigenvalue weighted by molar-refractivity contribution is 5.71. The molecule has 0 aromatic carbocycles. The summed E-state index contributed by atoms with van der Waals surface area (Å²) in [6.45, 7) is 3.91. The van der Waals surface area contributed by atoms with Crippen molar-refractivity contribution >= 4 is 6.03 Å². The lowest BCUT2D eigenvalue weighted by atomic mass is 10.5. The highest BCUT2D eigenvalue weighted by atomic mass is 16.2. The third-order valence-electron chi connectivity index (χ3n) is 0.666. The molecule has 0 unspecified atom stereocenters. The molecule has 3 heteroatoms. The van der Waals surface area contributed by atoms with Crippen molar-refractivity contribution in [3.05, 3.63) is 24.8 Å². The summed E-state index contributed by atoms with van der Waals surface area (Å²) < 4.78 is 0. The first-order valence-electron chi connectivity index (χ1n) is 2.58. The largest absolute Gasteiger partial charge is 0.352 e. The fourth-order valence-electron chi connectivity index (χ4n) is 0.324. The van der Waals surface area contributed by atoms with E-state index in [1.807, 2.05) is 0 Å². The van der Waals surface area contributed by atoms with Gasteiger partial charge in [0.1, 0.15) is 0 Å². The van der Waals surface area contributed by atoms with Crippen molar-refractivity contribution in [2.24, 2.45) is 5.73 Å². The normalized spacial score (nSPS) is 9.33. The number of allylic oxidation sites excluding steroid dienone is 2. The Hall–Kier alpha value is -1.25. The summed E-state index contributed by atoms with van der Waals surface area (Å²) in [6.07, 6.45) is 5.11. The van der Waals surface area contributed by atoms with E-state index in [2.05, 4.69) is 11.9 Å². The summed E-state index contributed by atoms with van der Waals surface area (Å²) in [5.41, 5.74) is 4.76. The molecule has 50 valence electrons. The fraction of sp³-hybridized carbons (Fsp3) is 0.167. The molecular weight excluding hydrogens is 116 g/mol. The van der Waals surface area contributed by atoms with Crippen molar-refractivity contribution in [1.82, 2.24) is 5.32 Å². The van der Waals surface area contributed by atoms with Crippen LogP contribution in [0.25, 0.3) is 0 Å². The van der Waals surface area contributed by atoms with Gasteiger partial charge in [-0.25, -0.2) is 4.79 Å². The average Bonchev–Trinajstić information content (AvgIpc) is 1.80. The molecule has 3 N–H and O–H groups in total. The van der Waals surface area contributed by atoms with E-state index in [0.29, 0.717) is 6.54 Å². The van der Waals surface area contributed by atoms with E-state index in [4.69, 9.17) is 5.73 Å². The van der Waals surface area contributed by atoms with E-state index in [1.165, 1.54) is 0 Å². The van der Waals surface area contributed by atoms with Gasteiger partial charge < -0.3 is 11.1 Å². The molecule has 9 heavy (non-hydrogen) atoms. The summed E-state index contributed by atoms with van der Waals surface area (Å²) in [6, 6.07) is -0.510. The number of hydrogen-bond donors (Lipinski definition) is 2. The first-order valence-corrected chi connectivity index (χ1v) is 2.58. The Bertz CT molecular complexity index is 129. The Labute approximate surface area is 54.2 Å².